The predicted octanol–water partition coefficient (Wildman–Crippen LogP) is 1.53. The first-order valence-electron chi connectivity index (χ1n) is 9.94. The van der Waals surface area contributed by atoms with Gasteiger partial charge in [-0.1, -0.05) is 24.3 Å². The van der Waals surface area contributed by atoms with Gasteiger partial charge >= 0.3 is 0 Å². The molecule has 3 amide bonds. The lowest BCUT2D eigenvalue weighted by Crippen LogP contribution is -2.56. The highest BCUT2D eigenvalue weighted by Gasteiger charge is 2.29. The normalized spacial score (nSPS) is 15.2. The third-order valence-electron chi connectivity index (χ3n) is 4.69. The summed E-state index contributed by atoms with van der Waals surface area (Å²) in [6.07, 6.45) is 1.36. The van der Waals surface area contributed by atoms with Crippen molar-refractivity contribution in [3.05, 3.63) is 54.1 Å². The Kier molecular flexibility index (Phi) is 8.20. The average molecular weight is 460 g/mol. The molecule has 9 nitrogen and oxygen atoms in total. The van der Waals surface area contributed by atoms with Gasteiger partial charge in [-0.3, -0.25) is 25.2 Å². The molecule has 2 unspecified atom stereocenters. The number of amides is 3. The van der Waals surface area contributed by atoms with E-state index in [0.717, 1.165) is 0 Å². The number of carbonyl (C=O) groups excluding carboxylic acids is 3. The lowest BCUT2D eigenvalue weighted by molar-refractivity contribution is -0.135. The number of fused-ring (bicyclic) bond motifs is 1. The predicted molar refractivity (Wildman–Crippen MR) is 120 cm³/mol. The van der Waals surface area contributed by atoms with Crippen LogP contribution < -0.4 is 30.4 Å². The molecule has 170 valence electrons. The third kappa shape index (κ3) is 5.85. The summed E-state index contributed by atoms with van der Waals surface area (Å²) in [5, 5.41) is 2.71. The zero-order valence-electron chi connectivity index (χ0n) is 17.8. The Balaban J connectivity index is 1.58. The van der Waals surface area contributed by atoms with Gasteiger partial charge in [0.1, 0.15) is 18.4 Å². The van der Waals surface area contributed by atoms with Crippen molar-refractivity contribution >= 4 is 29.5 Å². The van der Waals surface area contributed by atoms with E-state index in [-0.39, 0.29) is 6.61 Å². The van der Waals surface area contributed by atoms with Gasteiger partial charge in [0, 0.05) is 0 Å². The van der Waals surface area contributed by atoms with E-state index >= 15 is 0 Å². The molecule has 0 fully saturated rings. The molecule has 0 bridgehead atoms. The van der Waals surface area contributed by atoms with Crippen LogP contribution in [-0.4, -0.2) is 55.6 Å². The van der Waals surface area contributed by atoms with Crippen LogP contribution in [0.2, 0.25) is 0 Å². The summed E-state index contributed by atoms with van der Waals surface area (Å²) in [5.74, 6) is 0.478. The van der Waals surface area contributed by atoms with E-state index < -0.39 is 29.9 Å². The fourth-order valence-corrected chi connectivity index (χ4v) is 3.48. The summed E-state index contributed by atoms with van der Waals surface area (Å²) < 4.78 is 16.4. The monoisotopic (exact) mass is 459 g/mol. The molecule has 3 N–H and O–H groups in total. The van der Waals surface area contributed by atoms with Crippen molar-refractivity contribution in [2.45, 2.75) is 18.6 Å². The minimum Gasteiger partial charge on any atom is -0.496 e. The quantitative estimate of drug-likeness (QED) is 0.513. The number of hydrogen-bond acceptors (Lipinski definition) is 7. The number of hydrogen-bond donors (Lipinski definition) is 3. The Bertz CT molecular complexity index is 970. The third-order valence-corrected chi connectivity index (χ3v) is 5.34. The van der Waals surface area contributed by atoms with Crippen LogP contribution in [0, 0.1) is 0 Å². The van der Waals surface area contributed by atoms with E-state index in [1.165, 1.54) is 18.9 Å². The van der Waals surface area contributed by atoms with Gasteiger partial charge in [0.25, 0.3) is 17.7 Å². The van der Waals surface area contributed by atoms with E-state index in [9.17, 15) is 14.4 Å². The lowest BCUT2D eigenvalue weighted by atomic mass is 10.1. The number of methoxy groups -OCH3 is 1. The van der Waals surface area contributed by atoms with Crippen LogP contribution in [0.5, 0.6) is 17.2 Å². The van der Waals surface area contributed by atoms with Gasteiger partial charge in [0.15, 0.2) is 11.5 Å². The molecule has 0 aliphatic carbocycles. The van der Waals surface area contributed by atoms with E-state index in [1.54, 1.807) is 48.5 Å². The Labute approximate surface area is 190 Å². The molecule has 0 saturated heterocycles. The smallest absolute Gasteiger partial charge is 0.283 e. The van der Waals surface area contributed by atoms with Gasteiger partial charge in [-0.15, -0.1) is 0 Å². The van der Waals surface area contributed by atoms with Crippen molar-refractivity contribution in [1.29, 1.82) is 0 Å². The summed E-state index contributed by atoms with van der Waals surface area (Å²) in [5.41, 5.74) is 5.03. The van der Waals surface area contributed by atoms with Crippen LogP contribution in [0.15, 0.2) is 48.5 Å². The van der Waals surface area contributed by atoms with Gasteiger partial charge < -0.3 is 19.5 Å². The molecule has 0 saturated carbocycles. The summed E-state index contributed by atoms with van der Waals surface area (Å²) in [6.45, 7) is 0.0131. The number of nitrogens with one attached hydrogen (secondary N) is 3. The van der Waals surface area contributed by atoms with E-state index in [2.05, 4.69) is 16.2 Å². The van der Waals surface area contributed by atoms with E-state index in [1.807, 2.05) is 6.26 Å². The minimum atomic E-state index is -0.919. The molecule has 3 rings (SSSR count). The zero-order valence-corrected chi connectivity index (χ0v) is 18.6. The minimum absolute atomic E-state index is 0.0131. The zero-order chi connectivity index (χ0) is 22.9. The number of carbonyl (C=O) groups is 3. The highest BCUT2D eigenvalue weighted by Crippen LogP contribution is 2.30. The second kappa shape index (κ2) is 11.3. The van der Waals surface area contributed by atoms with Crippen molar-refractivity contribution in [2.24, 2.45) is 0 Å². The van der Waals surface area contributed by atoms with Crippen LogP contribution in [0.25, 0.3) is 0 Å². The van der Waals surface area contributed by atoms with Crippen molar-refractivity contribution in [2.75, 3.05) is 25.7 Å². The Morgan fingerprint density at radius 2 is 1.81 bits per heavy atom. The molecule has 32 heavy (non-hydrogen) atoms. The number of thioether (sulfide) groups is 1. The topological polar surface area (TPSA) is 115 Å². The van der Waals surface area contributed by atoms with Crippen molar-refractivity contribution in [3.8, 4) is 17.2 Å². The summed E-state index contributed by atoms with van der Waals surface area (Å²) in [6, 6.07) is 12.9. The van der Waals surface area contributed by atoms with Gasteiger partial charge in [-0.05, 0) is 42.7 Å². The molecular formula is C22H25N3O6S. The van der Waals surface area contributed by atoms with Gasteiger partial charge in [0.05, 0.1) is 12.7 Å². The largest absolute Gasteiger partial charge is 0.496 e. The van der Waals surface area contributed by atoms with Crippen LogP contribution in [-0.2, 0) is 9.59 Å². The van der Waals surface area contributed by atoms with E-state index in [0.29, 0.717) is 35.0 Å². The second-order valence-electron chi connectivity index (χ2n) is 6.85. The molecular weight excluding hydrogens is 434 g/mol. The number of ether oxygens (including phenoxy) is 3. The number of hydrazine groups is 1. The van der Waals surface area contributed by atoms with Crippen LogP contribution in [0.4, 0.5) is 0 Å². The second-order valence-corrected chi connectivity index (χ2v) is 7.84. The molecule has 0 aromatic heterocycles. The number of para-hydroxylation sites is 3. The van der Waals surface area contributed by atoms with Crippen molar-refractivity contribution < 1.29 is 28.6 Å². The maximum atomic E-state index is 12.7. The Hall–Kier alpha value is -3.40. The first-order valence-corrected chi connectivity index (χ1v) is 11.3. The van der Waals surface area contributed by atoms with Gasteiger partial charge in [-0.2, -0.15) is 11.8 Å². The standard InChI is InChI=1S/C22H25N3O6S/c1-29-16-8-4-3-7-14(16)20(26)23-15(11-12-32-2)21(27)24-25-22(28)19-13-30-17-9-5-6-10-18(17)31-19/h3-10,15,19H,11-13H2,1-2H3,(H,23,26)(H,24,27)(H,25,28). The summed E-state index contributed by atoms with van der Waals surface area (Å²) in [4.78, 5) is 37.8. The first kappa shape index (κ1) is 23.3. The fraction of sp³-hybridized carbons (Fsp3) is 0.318. The molecule has 2 atom stereocenters. The maximum Gasteiger partial charge on any atom is 0.283 e. The van der Waals surface area contributed by atoms with E-state index in [4.69, 9.17) is 14.2 Å². The van der Waals surface area contributed by atoms with Crippen LogP contribution >= 0.6 is 11.8 Å². The lowest BCUT2D eigenvalue weighted by Gasteiger charge is -2.26. The summed E-state index contributed by atoms with van der Waals surface area (Å²) >= 11 is 1.54. The fourth-order valence-electron chi connectivity index (χ4n) is 3.01. The summed E-state index contributed by atoms with van der Waals surface area (Å²) in [7, 11) is 1.47. The molecule has 10 heteroatoms. The SMILES string of the molecule is COc1ccccc1C(=O)NC(CCSC)C(=O)NNC(=O)C1COc2ccccc2O1. The number of benzene rings is 2. The Morgan fingerprint density at radius 3 is 2.56 bits per heavy atom. The van der Waals surface area contributed by atoms with Crippen LogP contribution in [0.1, 0.15) is 16.8 Å². The molecule has 1 aliphatic heterocycles. The highest BCUT2D eigenvalue weighted by molar-refractivity contribution is 7.98. The highest BCUT2D eigenvalue weighted by atomic mass is 32.2. The molecule has 0 spiro atoms. The Morgan fingerprint density at radius 1 is 1.09 bits per heavy atom. The molecule has 2 aromatic rings. The van der Waals surface area contributed by atoms with Gasteiger partial charge in [0.2, 0.25) is 6.10 Å². The average Bonchev–Trinajstić information content (AvgIpc) is 2.84. The molecule has 0 radical (unpaired) electrons. The number of rotatable bonds is 8. The van der Waals surface area contributed by atoms with Crippen molar-refractivity contribution in [1.82, 2.24) is 16.2 Å². The van der Waals surface area contributed by atoms with Gasteiger partial charge in [-0.25, -0.2) is 0 Å². The van der Waals surface area contributed by atoms with Crippen LogP contribution in [0.3, 0.4) is 0 Å². The molecule has 1 heterocycles. The van der Waals surface area contributed by atoms with Crippen molar-refractivity contribution in [3.63, 3.8) is 0 Å². The molecule has 2 aromatic carbocycles. The first-order chi connectivity index (χ1) is 15.5. The molecule has 1 aliphatic rings. The maximum absolute atomic E-state index is 12.7.